The Bertz CT molecular complexity index is 349. The second-order valence-corrected chi connectivity index (χ2v) is 4.73. The summed E-state index contributed by atoms with van der Waals surface area (Å²) in [7, 11) is 1.62. The van der Waals surface area contributed by atoms with Gasteiger partial charge in [0.05, 0.1) is 17.0 Å². The van der Waals surface area contributed by atoms with Crippen LogP contribution >= 0.6 is 23.2 Å². The maximum absolute atomic E-state index is 13.1. The molecule has 0 aliphatic rings. The third-order valence-corrected chi connectivity index (χ3v) is 3.10. The van der Waals surface area contributed by atoms with E-state index in [2.05, 4.69) is 5.32 Å². The van der Waals surface area contributed by atoms with Gasteiger partial charge in [0.15, 0.2) is 0 Å². The Morgan fingerprint density at radius 2 is 2.24 bits per heavy atom. The first kappa shape index (κ1) is 14.7. The van der Waals surface area contributed by atoms with Crippen LogP contribution in [0.1, 0.15) is 12.0 Å². The van der Waals surface area contributed by atoms with E-state index in [4.69, 9.17) is 27.9 Å². The van der Waals surface area contributed by atoms with Crippen molar-refractivity contribution in [1.29, 1.82) is 0 Å². The van der Waals surface area contributed by atoms with Crippen LogP contribution in [0.15, 0.2) is 18.2 Å². The van der Waals surface area contributed by atoms with Crippen molar-refractivity contribution in [2.75, 3.05) is 20.3 Å². The van der Waals surface area contributed by atoms with Gasteiger partial charge in [-0.2, -0.15) is 0 Å². The van der Waals surface area contributed by atoms with Crippen LogP contribution in [0.4, 0.5) is 4.39 Å². The third-order valence-electron chi connectivity index (χ3n) is 2.33. The number of nitrogens with one attached hydrogen (secondary N) is 1. The minimum absolute atomic E-state index is 0.00418. The highest BCUT2D eigenvalue weighted by Crippen LogP contribution is 2.19. The fourth-order valence-corrected chi connectivity index (χ4v) is 1.86. The molecular weight excluding hydrogens is 264 g/mol. The normalized spacial score (nSPS) is 12.7. The summed E-state index contributed by atoms with van der Waals surface area (Å²) in [6.45, 7) is 1.81. The van der Waals surface area contributed by atoms with Crippen LogP contribution in [0.2, 0.25) is 5.02 Å². The summed E-state index contributed by atoms with van der Waals surface area (Å²) in [6, 6.07) is 4.79. The van der Waals surface area contributed by atoms with Crippen LogP contribution in [0, 0.1) is 5.82 Å². The van der Waals surface area contributed by atoms with E-state index in [9.17, 15) is 4.39 Å². The molecule has 1 atom stereocenters. The van der Waals surface area contributed by atoms with E-state index in [1.165, 1.54) is 6.07 Å². The molecule has 2 nitrogen and oxygen atoms in total. The largest absolute Gasteiger partial charge is 0.383 e. The molecule has 17 heavy (non-hydrogen) atoms. The summed E-state index contributed by atoms with van der Waals surface area (Å²) in [5, 5.41) is 3.34. The molecule has 0 spiro atoms. The maximum Gasteiger partial charge on any atom is 0.142 e. The Morgan fingerprint density at radius 3 is 2.94 bits per heavy atom. The highest BCUT2D eigenvalue weighted by molar-refractivity contribution is 6.31. The summed E-state index contributed by atoms with van der Waals surface area (Å²) in [5.41, 5.74) is 0.754. The number of alkyl halides is 1. The summed E-state index contributed by atoms with van der Waals surface area (Å²) < 4.78 is 18.0. The number of ether oxygens (including phenoxy) is 1. The molecule has 0 saturated heterocycles. The van der Waals surface area contributed by atoms with Crippen molar-refractivity contribution in [2.24, 2.45) is 0 Å². The van der Waals surface area contributed by atoms with Gasteiger partial charge in [-0.3, -0.25) is 0 Å². The first-order valence-electron chi connectivity index (χ1n) is 5.41. The van der Waals surface area contributed by atoms with Gasteiger partial charge in [-0.25, -0.2) is 4.39 Å². The van der Waals surface area contributed by atoms with E-state index in [-0.39, 0.29) is 16.2 Å². The molecule has 0 aliphatic carbocycles. The Hall–Kier alpha value is -0.350. The van der Waals surface area contributed by atoms with Gasteiger partial charge in [0.25, 0.3) is 0 Å². The van der Waals surface area contributed by atoms with Crippen molar-refractivity contribution in [3.05, 3.63) is 34.6 Å². The highest BCUT2D eigenvalue weighted by atomic mass is 35.5. The molecule has 1 rings (SSSR count). The van der Waals surface area contributed by atoms with E-state index < -0.39 is 0 Å². The molecule has 96 valence electrons. The maximum atomic E-state index is 13.1. The fourth-order valence-electron chi connectivity index (χ4n) is 1.43. The monoisotopic (exact) mass is 279 g/mol. The molecule has 5 heteroatoms. The van der Waals surface area contributed by atoms with E-state index >= 15 is 0 Å². The zero-order valence-electron chi connectivity index (χ0n) is 9.68. The van der Waals surface area contributed by atoms with Gasteiger partial charge in [-0.05, 0) is 24.6 Å². The van der Waals surface area contributed by atoms with Crippen molar-refractivity contribution >= 4 is 23.2 Å². The summed E-state index contributed by atoms with van der Waals surface area (Å²) in [4.78, 5) is 0. The molecule has 0 heterocycles. The minimum Gasteiger partial charge on any atom is -0.383 e. The van der Waals surface area contributed by atoms with Crippen molar-refractivity contribution in [2.45, 2.75) is 18.3 Å². The predicted molar refractivity (Wildman–Crippen MR) is 69.3 cm³/mol. The molecule has 0 saturated carbocycles. The molecule has 1 aromatic carbocycles. The molecule has 0 bridgehead atoms. The van der Waals surface area contributed by atoms with Gasteiger partial charge in [-0.1, -0.05) is 23.7 Å². The smallest absolute Gasteiger partial charge is 0.142 e. The summed E-state index contributed by atoms with van der Waals surface area (Å²) in [5.74, 6) is -0.388. The van der Waals surface area contributed by atoms with E-state index in [0.29, 0.717) is 13.2 Å². The first-order valence-corrected chi connectivity index (χ1v) is 6.23. The number of hydrogen-bond donors (Lipinski definition) is 1. The number of methoxy groups -OCH3 is 1. The molecule has 0 aromatic heterocycles. The number of halogens is 3. The Labute approximate surface area is 111 Å². The average Bonchev–Trinajstić information content (AvgIpc) is 2.30. The lowest BCUT2D eigenvalue weighted by molar-refractivity contribution is 0.195. The van der Waals surface area contributed by atoms with Gasteiger partial charge in [-0.15, -0.1) is 11.6 Å². The Balaban J connectivity index is 2.29. The standard InChI is InChI=1S/C12H16Cl2FNO/c1-17-8-10(13)5-6-16-7-9-3-2-4-11(15)12(9)14/h2-4,10,16H,5-8H2,1H3. The predicted octanol–water partition coefficient (Wildman–Crippen LogP) is 3.21. The molecule has 1 N–H and O–H groups in total. The van der Waals surface area contributed by atoms with E-state index in [1.807, 2.05) is 0 Å². The van der Waals surface area contributed by atoms with Crippen LogP contribution in [0.5, 0.6) is 0 Å². The van der Waals surface area contributed by atoms with Gasteiger partial charge in [0, 0.05) is 13.7 Å². The molecule has 1 aromatic rings. The number of hydrogen-bond acceptors (Lipinski definition) is 2. The quantitative estimate of drug-likeness (QED) is 0.611. The topological polar surface area (TPSA) is 21.3 Å². The van der Waals surface area contributed by atoms with Crippen LogP contribution in [0.3, 0.4) is 0 Å². The Morgan fingerprint density at radius 1 is 1.47 bits per heavy atom. The highest BCUT2D eigenvalue weighted by Gasteiger charge is 2.06. The van der Waals surface area contributed by atoms with Crippen molar-refractivity contribution in [3.8, 4) is 0 Å². The molecule has 0 fully saturated rings. The number of rotatable bonds is 7. The summed E-state index contributed by atoms with van der Waals surface area (Å²) in [6.07, 6.45) is 0.794. The van der Waals surface area contributed by atoms with Crippen LogP contribution in [-0.2, 0) is 11.3 Å². The minimum atomic E-state index is -0.388. The van der Waals surface area contributed by atoms with E-state index in [0.717, 1.165) is 18.5 Å². The third kappa shape index (κ3) is 5.21. The molecule has 0 aliphatic heterocycles. The molecule has 0 radical (unpaired) electrons. The zero-order valence-corrected chi connectivity index (χ0v) is 11.2. The lowest BCUT2D eigenvalue weighted by Crippen LogP contribution is -2.20. The molecule has 0 amide bonds. The zero-order chi connectivity index (χ0) is 12.7. The van der Waals surface area contributed by atoms with Gasteiger partial charge >= 0.3 is 0 Å². The van der Waals surface area contributed by atoms with Gasteiger partial charge in [0.2, 0.25) is 0 Å². The lowest BCUT2D eigenvalue weighted by atomic mass is 10.2. The molecule has 1 unspecified atom stereocenters. The van der Waals surface area contributed by atoms with Crippen LogP contribution in [0.25, 0.3) is 0 Å². The second kappa shape index (κ2) is 7.88. The van der Waals surface area contributed by atoms with Crippen molar-refractivity contribution in [1.82, 2.24) is 5.32 Å². The molecular formula is C12H16Cl2FNO. The SMILES string of the molecule is COCC(Cl)CCNCc1cccc(F)c1Cl. The average molecular weight is 280 g/mol. The lowest BCUT2D eigenvalue weighted by Gasteiger charge is -2.10. The number of benzene rings is 1. The van der Waals surface area contributed by atoms with Crippen molar-refractivity contribution < 1.29 is 9.13 Å². The fraction of sp³-hybridized carbons (Fsp3) is 0.500. The summed E-state index contributed by atoms with van der Waals surface area (Å²) >= 11 is 11.8. The van der Waals surface area contributed by atoms with Crippen LogP contribution in [-0.4, -0.2) is 25.6 Å². The van der Waals surface area contributed by atoms with Gasteiger partial charge < -0.3 is 10.1 Å². The van der Waals surface area contributed by atoms with Gasteiger partial charge in [0.1, 0.15) is 5.82 Å². The van der Waals surface area contributed by atoms with Crippen molar-refractivity contribution in [3.63, 3.8) is 0 Å². The second-order valence-electron chi connectivity index (χ2n) is 3.73. The Kier molecular flexibility index (Phi) is 6.82. The van der Waals surface area contributed by atoms with E-state index in [1.54, 1.807) is 19.2 Å². The van der Waals surface area contributed by atoms with Crippen LogP contribution < -0.4 is 5.32 Å². The first-order chi connectivity index (χ1) is 8.15.